The zero-order chi connectivity index (χ0) is 24.5. The van der Waals surface area contributed by atoms with Gasteiger partial charge in [0.15, 0.2) is 5.13 Å². The van der Waals surface area contributed by atoms with E-state index in [0.717, 1.165) is 47.8 Å². The van der Waals surface area contributed by atoms with Crippen molar-refractivity contribution >= 4 is 27.8 Å². The van der Waals surface area contributed by atoms with Gasteiger partial charge in [-0.2, -0.15) is 0 Å². The predicted octanol–water partition coefficient (Wildman–Crippen LogP) is 8.10. The Morgan fingerprint density at radius 2 is 1.31 bits per heavy atom. The van der Waals surface area contributed by atoms with Crippen LogP contribution in [0.2, 0.25) is 0 Å². The maximum absolute atomic E-state index is 5.29. The number of morpholine rings is 1. The molecule has 2 aromatic heterocycles. The van der Waals surface area contributed by atoms with Gasteiger partial charge in [0.05, 0.1) is 29.6 Å². The minimum atomic E-state index is 0.831. The zero-order valence-electron chi connectivity index (χ0n) is 21.8. The molecule has 0 spiro atoms. The number of aryl methyl sites for hydroxylation is 4. The number of ether oxygens (including phenoxy) is 1. The van der Waals surface area contributed by atoms with Gasteiger partial charge in [-0.25, -0.2) is 9.97 Å². The molecule has 0 radical (unpaired) electrons. The predicted molar refractivity (Wildman–Crippen MR) is 146 cm³/mol. The highest BCUT2D eigenvalue weighted by molar-refractivity contribution is 7.15. The minimum absolute atomic E-state index is 0.831. The lowest BCUT2D eigenvalue weighted by molar-refractivity contribution is 0.122. The van der Waals surface area contributed by atoms with Gasteiger partial charge in [-0.1, -0.05) is 71.9 Å². The van der Waals surface area contributed by atoms with Gasteiger partial charge in [0, 0.05) is 28.4 Å². The first-order valence-electron chi connectivity index (χ1n) is 11.8. The van der Waals surface area contributed by atoms with Gasteiger partial charge in [-0.15, -0.1) is 22.7 Å². The largest absolute Gasteiger partial charge is 0.378 e. The van der Waals surface area contributed by atoms with Crippen LogP contribution in [-0.4, -0.2) is 36.3 Å². The molecule has 1 aromatic carbocycles. The minimum Gasteiger partial charge on any atom is -0.378 e. The van der Waals surface area contributed by atoms with Gasteiger partial charge >= 0.3 is 0 Å². The summed E-state index contributed by atoms with van der Waals surface area (Å²) >= 11 is 3.53. The fourth-order valence-corrected chi connectivity index (χ4v) is 4.54. The monoisotopic (exact) mass is 477 g/mol. The van der Waals surface area contributed by atoms with Gasteiger partial charge < -0.3 is 9.64 Å². The van der Waals surface area contributed by atoms with Crippen LogP contribution in [0.3, 0.4) is 0 Å². The van der Waals surface area contributed by atoms with Crippen molar-refractivity contribution < 1.29 is 4.74 Å². The highest BCUT2D eigenvalue weighted by Crippen LogP contribution is 2.27. The van der Waals surface area contributed by atoms with Crippen LogP contribution in [0, 0.1) is 27.7 Å². The third-order valence-corrected chi connectivity index (χ3v) is 6.27. The zero-order valence-corrected chi connectivity index (χ0v) is 23.4. The lowest BCUT2D eigenvalue weighted by atomic mass is 10.1. The van der Waals surface area contributed by atoms with Gasteiger partial charge in [-0.05, 0) is 27.7 Å². The third-order valence-electron chi connectivity index (χ3n) is 4.25. The molecule has 1 saturated heterocycles. The number of aromatic nitrogens is 2. The molecule has 0 atom stereocenters. The van der Waals surface area contributed by atoms with E-state index >= 15 is 0 Å². The van der Waals surface area contributed by atoms with E-state index in [2.05, 4.69) is 47.8 Å². The quantitative estimate of drug-likeness (QED) is 0.374. The number of nitrogens with zero attached hydrogens (tertiary/aromatic N) is 3. The van der Waals surface area contributed by atoms with Crippen molar-refractivity contribution in [2.75, 3.05) is 31.2 Å². The second kappa shape index (κ2) is 17.8. The lowest BCUT2D eigenvalue weighted by Crippen LogP contribution is -2.36. The average molecular weight is 478 g/mol. The van der Waals surface area contributed by atoms with Crippen LogP contribution in [0.4, 0.5) is 5.13 Å². The van der Waals surface area contributed by atoms with Gasteiger partial charge in [-0.3, -0.25) is 0 Å². The molecular weight excluding hydrogens is 434 g/mol. The maximum Gasteiger partial charge on any atom is 0.185 e. The van der Waals surface area contributed by atoms with Crippen molar-refractivity contribution in [3.05, 3.63) is 50.8 Å². The molecule has 0 saturated carbocycles. The van der Waals surface area contributed by atoms with Crippen LogP contribution < -0.4 is 4.90 Å². The number of thiazole rings is 2. The molecule has 3 aromatic rings. The van der Waals surface area contributed by atoms with Crippen molar-refractivity contribution in [1.82, 2.24) is 9.97 Å². The normalized spacial score (nSPS) is 12.0. The van der Waals surface area contributed by atoms with E-state index in [1.165, 1.54) is 15.3 Å². The molecule has 0 bridgehead atoms. The second-order valence-corrected chi connectivity index (χ2v) is 8.83. The summed E-state index contributed by atoms with van der Waals surface area (Å²) in [6.45, 7) is 24.0. The Balaban J connectivity index is 0.000000488. The van der Waals surface area contributed by atoms with Crippen LogP contribution >= 0.6 is 22.7 Å². The Hall–Kier alpha value is -1.76. The van der Waals surface area contributed by atoms with Crippen molar-refractivity contribution in [3.63, 3.8) is 0 Å². The number of rotatable bonds is 2. The van der Waals surface area contributed by atoms with Gasteiger partial charge in [0.25, 0.3) is 0 Å². The molecule has 0 unspecified atom stereocenters. The molecule has 1 aliphatic rings. The molecule has 4 nitrogen and oxygen atoms in total. The van der Waals surface area contributed by atoms with E-state index in [1.807, 2.05) is 66.7 Å². The van der Waals surface area contributed by atoms with E-state index in [0.29, 0.717) is 0 Å². The molecule has 0 aliphatic carbocycles. The Morgan fingerprint density at radius 3 is 1.75 bits per heavy atom. The molecule has 0 N–H and O–H groups in total. The first kappa shape index (κ1) is 30.2. The van der Waals surface area contributed by atoms with Crippen molar-refractivity contribution in [2.24, 2.45) is 0 Å². The number of hydrogen-bond donors (Lipinski definition) is 0. The van der Waals surface area contributed by atoms with E-state index in [4.69, 9.17) is 4.74 Å². The van der Waals surface area contributed by atoms with Crippen molar-refractivity contribution in [3.8, 4) is 11.3 Å². The summed E-state index contributed by atoms with van der Waals surface area (Å²) in [7, 11) is 0. The molecular formula is C26H43N3OS2. The standard InChI is InChI=1S/C11H11NS.C9H14N2OS.3C2H6/c1-8-11(12-9(2)13-8)10-6-4-3-5-7-10;1-7-8(2)13-9(10-7)11-3-5-12-6-4-11;3*1-2/h3-7H,1-2H3;3-6H2,1-2H3;3*1-2H3. The first-order valence-corrected chi connectivity index (χ1v) is 13.4. The topological polar surface area (TPSA) is 38.2 Å². The second-order valence-electron chi connectivity index (χ2n) is 6.24. The molecule has 32 heavy (non-hydrogen) atoms. The van der Waals surface area contributed by atoms with E-state index in [-0.39, 0.29) is 0 Å². The van der Waals surface area contributed by atoms with Crippen molar-refractivity contribution in [1.29, 1.82) is 0 Å². The molecule has 1 fully saturated rings. The number of anilines is 1. The highest BCUT2D eigenvalue weighted by atomic mass is 32.1. The van der Waals surface area contributed by atoms with Crippen molar-refractivity contribution in [2.45, 2.75) is 69.2 Å². The molecule has 3 heterocycles. The summed E-state index contributed by atoms with van der Waals surface area (Å²) in [5.41, 5.74) is 3.50. The summed E-state index contributed by atoms with van der Waals surface area (Å²) in [4.78, 5) is 13.9. The molecule has 180 valence electrons. The van der Waals surface area contributed by atoms with E-state index in [9.17, 15) is 0 Å². The molecule has 4 rings (SSSR count). The molecule has 1 aliphatic heterocycles. The summed E-state index contributed by atoms with van der Waals surface area (Å²) in [5.74, 6) is 0. The SMILES string of the molecule is CC.CC.CC.Cc1nc(-c2ccccc2)c(C)s1.Cc1nc(N2CCOCC2)sc1C. The Morgan fingerprint density at radius 1 is 0.750 bits per heavy atom. The summed E-state index contributed by atoms with van der Waals surface area (Å²) in [6, 6.07) is 10.3. The summed E-state index contributed by atoms with van der Waals surface area (Å²) < 4.78 is 5.29. The highest BCUT2D eigenvalue weighted by Gasteiger charge is 2.15. The van der Waals surface area contributed by atoms with Crippen LogP contribution in [0.1, 0.15) is 62.0 Å². The Bertz CT molecular complexity index is 819. The summed E-state index contributed by atoms with van der Waals surface area (Å²) in [6.07, 6.45) is 0. The van der Waals surface area contributed by atoms with Crippen LogP contribution in [0.25, 0.3) is 11.3 Å². The maximum atomic E-state index is 5.29. The number of hydrogen-bond acceptors (Lipinski definition) is 6. The van der Waals surface area contributed by atoms with E-state index < -0.39 is 0 Å². The third kappa shape index (κ3) is 9.80. The summed E-state index contributed by atoms with van der Waals surface area (Å²) in [5, 5.41) is 2.29. The Labute approximate surface area is 204 Å². The fourth-order valence-electron chi connectivity index (χ4n) is 2.74. The molecule has 6 heteroatoms. The molecule has 0 amide bonds. The van der Waals surface area contributed by atoms with Crippen LogP contribution in [0.5, 0.6) is 0 Å². The van der Waals surface area contributed by atoms with Gasteiger partial charge in [0.2, 0.25) is 0 Å². The van der Waals surface area contributed by atoms with Crippen LogP contribution in [0.15, 0.2) is 30.3 Å². The average Bonchev–Trinajstić information content (AvgIpc) is 3.39. The number of benzene rings is 1. The van der Waals surface area contributed by atoms with Gasteiger partial charge in [0.1, 0.15) is 0 Å². The Kier molecular flexibility index (Phi) is 16.8. The van der Waals surface area contributed by atoms with Crippen LogP contribution in [-0.2, 0) is 4.74 Å². The van der Waals surface area contributed by atoms with E-state index in [1.54, 1.807) is 22.7 Å². The lowest BCUT2D eigenvalue weighted by Gasteiger charge is -2.25. The fraction of sp³-hybridized carbons (Fsp3) is 0.538. The first-order chi connectivity index (χ1) is 15.5. The smallest absolute Gasteiger partial charge is 0.185 e.